The van der Waals surface area contributed by atoms with E-state index in [4.69, 9.17) is 10.00 Å². The van der Waals surface area contributed by atoms with Crippen LogP contribution in [0, 0.1) is 25.2 Å². The summed E-state index contributed by atoms with van der Waals surface area (Å²) in [6.45, 7) is 8.06. The van der Waals surface area contributed by atoms with Crippen LogP contribution in [0.3, 0.4) is 0 Å². The van der Waals surface area contributed by atoms with Gasteiger partial charge in [-0.2, -0.15) is 5.26 Å². The third-order valence-electron chi connectivity index (χ3n) is 5.99. The third-order valence-corrected chi connectivity index (χ3v) is 5.99. The molecule has 0 spiro atoms. The van der Waals surface area contributed by atoms with Gasteiger partial charge in [0, 0.05) is 43.6 Å². The second kappa shape index (κ2) is 11.5. The van der Waals surface area contributed by atoms with Gasteiger partial charge in [-0.15, -0.1) is 0 Å². The number of methoxy groups -OCH3 is 1. The summed E-state index contributed by atoms with van der Waals surface area (Å²) in [5.41, 5.74) is 7.85. The van der Waals surface area contributed by atoms with Crippen molar-refractivity contribution in [1.29, 1.82) is 5.26 Å². The van der Waals surface area contributed by atoms with Crippen molar-refractivity contribution in [3.63, 3.8) is 0 Å². The molecule has 0 bridgehead atoms. The van der Waals surface area contributed by atoms with E-state index in [9.17, 15) is 4.79 Å². The number of nitriles is 1. The fraction of sp³-hybridized carbons (Fsp3) is 0.357. The molecule has 0 aliphatic heterocycles. The van der Waals surface area contributed by atoms with E-state index in [1.165, 1.54) is 16.7 Å². The first-order valence-electron chi connectivity index (χ1n) is 11.5. The number of hydrogen-bond donors (Lipinski definition) is 0. The highest BCUT2D eigenvalue weighted by Gasteiger charge is 2.17. The fourth-order valence-electron chi connectivity index (χ4n) is 4.20. The highest BCUT2D eigenvalue weighted by atomic mass is 16.5. The second-order valence-electron chi connectivity index (χ2n) is 8.33. The maximum Gasteiger partial charge on any atom is 0.223 e. The SMILES string of the molecule is CCN(CCOC)C(=O)CCc1ccc(-c2ccc(C)cc2C)n1-c1ccc(CC#N)cc1. The summed E-state index contributed by atoms with van der Waals surface area (Å²) in [6.07, 6.45) is 1.49. The number of ether oxygens (including phenoxy) is 1. The molecule has 3 aromatic rings. The van der Waals surface area contributed by atoms with Gasteiger partial charge in [0.15, 0.2) is 0 Å². The zero-order valence-electron chi connectivity index (χ0n) is 20.1. The average Bonchev–Trinajstić information content (AvgIpc) is 3.22. The van der Waals surface area contributed by atoms with Gasteiger partial charge in [-0.05, 0) is 62.6 Å². The number of aromatic nitrogens is 1. The smallest absolute Gasteiger partial charge is 0.223 e. The van der Waals surface area contributed by atoms with Crippen molar-refractivity contribution in [3.8, 4) is 23.0 Å². The van der Waals surface area contributed by atoms with Crippen molar-refractivity contribution in [3.05, 3.63) is 77.0 Å². The van der Waals surface area contributed by atoms with Crippen LogP contribution in [-0.4, -0.2) is 42.2 Å². The summed E-state index contributed by atoms with van der Waals surface area (Å²) < 4.78 is 7.39. The number of likely N-dealkylation sites (N-methyl/N-ethyl adjacent to an activating group) is 1. The van der Waals surface area contributed by atoms with E-state index in [2.05, 4.69) is 66.9 Å². The Bertz CT molecular complexity index is 1120. The minimum Gasteiger partial charge on any atom is -0.383 e. The predicted octanol–water partition coefficient (Wildman–Crippen LogP) is 5.25. The highest BCUT2D eigenvalue weighted by Crippen LogP contribution is 2.30. The Morgan fingerprint density at radius 1 is 1.09 bits per heavy atom. The summed E-state index contributed by atoms with van der Waals surface area (Å²) in [6, 6.07) is 21.1. The van der Waals surface area contributed by atoms with Gasteiger partial charge >= 0.3 is 0 Å². The van der Waals surface area contributed by atoms with Gasteiger partial charge in [0.05, 0.1) is 24.8 Å². The number of aryl methyl sites for hydroxylation is 3. The summed E-state index contributed by atoms with van der Waals surface area (Å²) in [7, 11) is 1.65. The molecule has 0 aliphatic carbocycles. The zero-order valence-corrected chi connectivity index (χ0v) is 20.1. The van der Waals surface area contributed by atoms with Crippen molar-refractivity contribution < 1.29 is 9.53 Å². The van der Waals surface area contributed by atoms with Gasteiger partial charge in [-0.25, -0.2) is 0 Å². The Labute approximate surface area is 197 Å². The van der Waals surface area contributed by atoms with E-state index in [0.717, 1.165) is 22.6 Å². The standard InChI is InChI=1S/C28H33N3O2/c1-5-30(18-19-33-4)28(32)15-12-25-11-14-27(26-13-6-21(2)20-22(26)3)31(25)24-9-7-23(8-10-24)16-17-29/h6-11,13-14,20H,5,12,15-16,18-19H2,1-4H3. The van der Waals surface area contributed by atoms with Crippen molar-refractivity contribution in [1.82, 2.24) is 9.47 Å². The van der Waals surface area contributed by atoms with Crippen LogP contribution < -0.4 is 0 Å². The lowest BCUT2D eigenvalue weighted by Crippen LogP contribution is -2.33. The van der Waals surface area contributed by atoms with E-state index in [1.54, 1.807) is 7.11 Å². The van der Waals surface area contributed by atoms with Crippen LogP contribution in [0.25, 0.3) is 16.9 Å². The fourth-order valence-corrected chi connectivity index (χ4v) is 4.20. The number of amides is 1. The Morgan fingerprint density at radius 3 is 2.48 bits per heavy atom. The maximum absolute atomic E-state index is 12.8. The largest absolute Gasteiger partial charge is 0.383 e. The normalized spacial score (nSPS) is 10.8. The topological polar surface area (TPSA) is 58.3 Å². The molecule has 172 valence electrons. The van der Waals surface area contributed by atoms with Crippen LogP contribution in [0.15, 0.2) is 54.6 Å². The molecule has 1 heterocycles. The number of hydrogen-bond acceptors (Lipinski definition) is 3. The second-order valence-corrected chi connectivity index (χ2v) is 8.33. The summed E-state index contributed by atoms with van der Waals surface area (Å²) in [5.74, 6) is 0.139. The highest BCUT2D eigenvalue weighted by molar-refractivity contribution is 5.76. The first-order chi connectivity index (χ1) is 16.0. The van der Waals surface area contributed by atoms with E-state index < -0.39 is 0 Å². The molecule has 0 aliphatic rings. The molecule has 2 aromatic carbocycles. The molecular weight excluding hydrogens is 410 g/mol. The van der Waals surface area contributed by atoms with E-state index >= 15 is 0 Å². The quantitative estimate of drug-likeness (QED) is 0.430. The van der Waals surface area contributed by atoms with Gasteiger partial charge in [-0.3, -0.25) is 4.79 Å². The predicted molar refractivity (Wildman–Crippen MR) is 132 cm³/mol. The molecule has 0 saturated heterocycles. The van der Waals surface area contributed by atoms with Crippen LogP contribution in [0.5, 0.6) is 0 Å². The number of benzene rings is 2. The summed E-state index contributed by atoms with van der Waals surface area (Å²) in [5, 5.41) is 9.00. The monoisotopic (exact) mass is 443 g/mol. The molecule has 1 amide bonds. The molecule has 3 rings (SSSR count). The maximum atomic E-state index is 12.8. The van der Waals surface area contributed by atoms with E-state index in [1.807, 2.05) is 24.0 Å². The molecule has 0 radical (unpaired) electrons. The van der Waals surface area contributed by atoms with E-state index in [-0.39, 0.29) is 5.91 Å². The van der Waals surface area contributed by atoms with Gasteiger partial charge in [0.1, 0.15) is 0 Å². The first-order valence-corrected chi connectivity index (χ1v) is 11.5. The number of nitrogens with zero attached hydrogens (tertiary/aromatic N) is 3. The molecule has 5 nitrogen and oxygen atoms in total. The van der Waals surface area contributed by atoms with Gasteiger partial charge in [0.25, 0.3) is 0 Å². The molecule has 1 aromatic heterocycles. The van der Waals surface area contributed by atoms with Crippen LogP contribution in [0.2, 0.25) is 0 Å². The Kier molecular flexibility index (Phi) is 8.46. The van der Waals surface area contributed by atoms with Crippen molar-refractivity contribution in [2.24, 2.45) is 0 Å². The van der Waals surface area contributed by atoms with Crippen molar-refractivity contribution in [2.75, 3.05) is 26.8 Å². The average molecular weight is 444 g/mol. The molecule has 0 fully saturated rings. The lowest BCUT2D eigenvalue weighted by molar-refractivity contribution is -0.131. The minimum absolute atomic E-state index is 0.139. The molecule has 5 heteroatoms. The number of rotatable bonds is 10. The summed E-state index contributed by atoms with van der Waals surface area (Å²) in [4.78, 5) is 14.7. The summed E-state index contributed by atoms with van der Waals surface area (Å²) >= 11 is 0. The zero-order chi connectivity index (χ0) is 23.8. The van der Waals surface area contributed by atoms with Gasteiger partial charge in [0.2, 0.25) is 5.91 Å². The van der Waals surface area contributed by atoms with Crippen LogP contribution in [0.4, 0.5) is 0 Å². The first kappa shape index (κ1) is 24.3. The Hall–Kier alpha value is -3.36. The van der Waals surface area contributed by atoms with E-state index in [0.29, 0.717) is 39.0 Å². The van der Waals surface area contributed by atoms with Crippen molar-refractivity contribution >= 4 is 5.91 Å². The Morgan fingerprint density at radius 2 is 1.85 bits per heavy atom. The molecular formula is C28H33N3O2. The molecule has 33 heavy (non-hydrogen) atoms. The van der Waals surface area contributed by atoms with Crippen LogP contribution in [-0.2, 0) is 22.4 Å². The molecule has 0 unspecified atom stereocenters. The van der Waals surface area contributed by atoms with Crippen molar-refractivity contribution in [2.45, 2.75) is 40.0 Å². The lowest BCUT2D eigenvalue weighted by atomic mass is 10.0. The molecule has 0 N–H and O–H groups in total. The van der Waals surface area contributed by atoms with Crippen LogP contribution >= 0.6 is 0 Å². The van der Waals surface area contributed by atoms with Gasteiger partial charge in [-0.1, -0.05) is 35.9 Å². The Balaban J connectivity index is 1.96. The minimum atomic E-state index is 0.139. The van der Waals surface area contributed by atoms with Gasteiger partial charge < -0.3 is 14.2 Å². The molecule has 0 atom stereocenters. The molecule has 0 saturated carbocycles. The number of carbonyl (C=O) groups is 1. The third kappa shape index (κ3) is 5.91. The lowest BCUT2D eigenvalue weighted by Gasteiger charge is -2.21. The number of carbonyl (C=O) groups excluding carboxylic acids is 1. The van der Waals surface area contributed by atoms with Crippen LogP contribution in [0.1, 0.15) is 35.7 Å².